The zero-order chi connectivity index (χ0) is 27.5. The average molecular weight is 552 g/mol. The van der Waals surface area contributed by atoms with Crippen LogP contribution in [0.5, 0.6) is 5.75 Å². The molecule has 0 spiro atoms. The van der Waals surface area contributed by atoms with Gasteiger partial charge in [0.1, 0.15) is 23.2 Å². The lowest BCUT2D eigenvalue weighted by molar-refractivity contribution is 0.0860. The van der Waals surface area contributed by atoms with Gasteiger partial charge in [-0.1, -0.05) is 29.5 Å². The van der Waals surface area contributed by atoms with Crippen LogP contribution in [0, 0.1) is 12.7 Å². The van der Waals surface area contributed by atoms with Crippen LogP contribution in [0.2, 0.25) is 0 Å². The number of H-pyrrole nitrogens is 1. The number of nitrogens with zero attached hydrogens (tertiary/aromatic N) is 3. The highest BCUT2D eigenvalue weighted by atomic mass is 32.1. The Morgan fingerprint density at radius 3 is 2.79 bits per heavy atom. The monoisotopic (exact) mass is 551 g/mol. The maximum atomic E-state index is 15.1. The molecule has 1 fully saturated rings. The number of ether oxygens (including phenoxy) is 2. The van der Waals surface area contributed by atoms with E-state index in [1.54, 1.807) is 6.07 Å². The van der Waals surface area contributed by atoms with Crippen LogP contribution in [-0.2, 0) is 11.3 Å². The second-order valence-electron chi connectivity index (χ2n) is 9.21. The van der Waals surface area contributed by atoms with E-state index in [4.69, 9.17) is 9.47 Å². The molecule has 2 amide bonds. The van der Waals surface area contributed by atoms with E-state index in [0.29, 0.717) is 18.0 Å². The minimum Gasteiger partial charge on any atom is -0.489 e. The van der Waals surface area contributed by atoms with Gasteiger partial charge in [-0.15, -0.1) is 0 Å². The number of methoxy groups -OCH3 is 1. The van der Waals surface area contributed by atoms with Gasteiger partial charge in [-0.2, -0.15) is 5.10 Å². The lowest BCUT2D eigenvalue weighted by Gasteiger charge is -2.37. The van der Waals surface area contributed by atoms with Gasteiger partial charge in [0.25, 0.3) is 5.91 Å². The van der Waals surface area contributed by atoms with E-state index in [9.17, 15) is 14.4 Å². The first-order chi connectivity index (χ1) is 18.8. The molecule has 0 radical (unpaired) electrons. The van der Waals surface area contributed by atoms with Crippen LogP contribution >= 0.6 is 11.3 Å². The number of para-hydroxylation sites is 1. The van der Waals surface area contributed by atoms with Crippen molar-refractivity contribution >= 4 is 34.2 Å². The number of carbonyl (C=O) groups excluding carboxylic acids is 2. The fourth-order valence-corrected chi connectivity index (χ4v) is 5.52. The predicted molar refractivity (Wildman–Crippen MR) is 143 cm³/mol. The third kappa shape index (κ3) is 5.75. The normalized spacial score (nSPS) is 17.2. The predicted octanol–water partition coefficient (Wildman–Crippen LogP) is 3.76. The summed E-state index contributed by atoms with van der Waals surface area (Å²) in [5, 5.41) is 10.7. The number of nitrogens with one attached hydrogen (secondary N) is 2. The number of piperidine rings is 1. The number of aromatic nitrogens is 3. The fraction of sp³-hybridized carbons (Fsp3) is 0.296. The van der Waals surface area contributed by atoms with Crippen LogP contribution in [0.1, 0.15) is 39.0 Å². The summed E-state index contributed by atoms with van der Waals surface area (Å²) in [6, 6.07) is 13.3. The number of halogens is 1. The van der Waals surface area contributed by atoms with Gasteiger partial charge in [-0.25, -0.2) is 14.3 Å². The molecule has 12 heteroatoms. The summed E-state index contributed by atoms with van der Waals surface area (Å²) < 4.78 is 25.7. The quantitative estimate of drug-likeness (QED) is 0.374. The second-order valence-corrected chi connectivity index (χ2v) is 10.2. The van der Waals surface area contributed by atoms with Gasteiger partial charge in [0.15, 0.2) is 0 Å². The van der Waals surface area contributed by atoms with Gasteiger partial charge < -0.3 is 19.7 Å². The molecule has 1 aliphatic rings. The van der Waals surface area contributed by atoms with Crippen molar-refractivity contribution in [3.63, 3.8) is 0 Å². The lowest BCUT2D eigenvalue weighted by atomic mass is 9.92. The zero-order valence-corrected chi connectivity index (χ0v) is 22.1. The number of aromatic amines is 1. The molecule has 5 rings (SSSR count). The molecule has 202 valence electrons. The maximum Gasteiger partial charge on any atom is 0.409 e. The molecule has 2 aromatic heterocycles. The van der Waals surface area contributed by atoms with Crippen molar-refractivity contribution in [3.05, 3.63) is 85.8 Å². The van der Waals surface area contributed by atoms with E-state index in [1.807, 2.05) is 37.3 Å². The van der Waals surface area contributed by atoms with Gasteiger partial charge in [0.05, 0.1) is 24.1 Å². The molecule has 1 aliphatic heterocycles. The van der Waals surface area contributed by atoms with Crippen molar-refractivity contribution < 1.29 is 23.5 Å². The van der Waals surface area contributed by atoms with Gasteiger partial charge in [0, 0.05) is 41.8 Å². The van der Waals surface area contributed by atoms with Crippen LogP contribution in [0.15, 0.2) is 53.3 Å². The number of carbonyl (C=O) groups is 2. The first-order valence-corrected chi connectivity index (χ1v) is 13.1. The molecule has 0 saturated carbocycles. The van der Waals surface area contributed by atoms with Crippen molar-refractivity contribution in [1.29, 1.82) is 0 Å². The van der Waals surface area contributed by atoms with Crippen LogP contribution in [0.3, 0.4) is 0 Å². The SMILES string of the molecule is COC(=O)N1CCC(NC(=O)c2ccc(OCc3cc(C)nc4ccccc34)cc2F)C(c2n[nH]c(=O)s2)C1. The first kappa shape index (κ1) is 26.3. The summed E-state index contributed by atoms with van der Waals surface area (Å²) in [5.74, 6) is -1.52. The molecule has 0 aliphatic carbocycles. The highest BCUT2D eigenvalue weighted by Gasteiger charge is 2.36. The number of aryl methyl sites for hydroxylation is 1. The Bertz CT molecular complexity index is 1590. The molecule has 2 aromatic carbocycles. The van der Waals surface area contributed by atoms with Gasteiger partial charge in [-0.3, -0.25) is 14.6 Å². The van der Waals surface area contributed by atoms with Crippen molar-refractivity contribution in [1.82, 2.24) is 25.4 Å². The molecular formula is C27H26FN5O5S. The summed E-state index contributed by atoms with van der Waals surface area (Å²) in [4.78, 5) is 42.5. The molecule has 2 unspecified atom stereocenters. The minimum absolute atomic E-state index is 0.142. The number of fused-ring (bicyclic) bond motifs is 1. The molecule has 2 atom stereocenters. The largest absolute Gasteiger partial charge is 0.489 e. The summed E-state index contributed by atoms with van der Waals surface area (Å²) in [6.07, 6.45) is -0.134. The number of hydrogen-bond donors (Lipinski definition) is 2. The third-order valence-electron chi connectivity index (χ3n) is 6.64. The fourth-order valence-electron chi connectivity index (χ4n) is 4.76. The van der Waals surface area contributed by atoms with E-state index in [2.05, 4.69) is 20.5 Å². The number of rotatable bonds is 6. The zero-order valence-electron chi connectivity index (χ0n) is 21.3. The van der Waals surface area contributed by atoms with E-state index in [1.165, 1.54) is 24.1 Å². The molecule has 0 bridgehead atoms. The number of pyridine rings is 1. The Morgan fingerprint density at radius 2 is 2.05 bits per heavy atom. The minimum atomic E-state index is -0.728. The summed E-state index contributed by atoms with van der Waals surface area (Å²) in [7, 11) is 1.29. The third-order valence-corrected chi connectivity index (χ3v) is 7.52. The van der Waals surface area contributed by atoms with Crippen molar-refractivity contribution in [3.8, 4) is 5.75 Å². The van der Waals surface area contributed by atoms with E-state index in [0.717, 1.165) is 33.5 Å². The van der Waals surface area contributed by atoms with Gasteiger partial charge >= 0.3 is 11.0 Å². The topological polar surface area (TPSA) is 127 Å². The Kier molecular flexibility index (Phi) is 7.55. The second kappa shape index (κ2) is 11.2. The van der Waals surface area contributed by atoms with Crippen LogP contribution in [0.25, 0.3) is 10.9 Å². The molecule has 2 N–H and O–H groups in total. The number of likely N-dealkylation sites (tertiary alicyclic amines) is 1. The molecule has 4 aromatic rings. The van der Waals surface area contributed by atoms with Crippen molar-refractivity contribution in [2.24, 2.45) is 0 Å². The smallest absolute Gasteiger partial charge is 0.409 e. The van der Waals surface area contributed by atoms with Crippen LogP contribution in [-0.4, -0.2) is 58.3 Å². The standard InChI is InChI=1S/C27H26FN5O5S/c1-15-11-16(18-5-3-4-6-22(18)29-15)14-38-17-7-8-19(21(28)12-17)24(34)30-23-9-10-33(27(36)37-2)13-20(23)25-31-32-26(35)39-25/h3-8,11-12,20,23H,9-10,13-14H2,1-2H3,(H,30,34)(H,32,35). The average Bonchev–Trinajstić information content (AvgIpc) is 3.37. The molecular weight excluding hydrogens is 525 g/mol. The number of amides is 2. The first-order valence-electron chi connectivity index (χ1n) is 12.3. The van der Waals surface area contributed by atoms with Crippen LogP contribution in [0.4, 0.5) is 9.18 Å². The highest BCUT2D eigenvalue weighted by Crippen LogP contribution is 2.29. The van der Waals surface area contributed by atoms with Crippen molar-refractivity contribution in [2.45, 2.75) is 31.9 Å². The maximum absolute atomic E-state index is 15.1. The molecule has 39 heavy (non-hydrogen) atoms. The van der Waals surface area contributed by atoms with Gasteiger partial charge in [0.2, 0.25) is 0 Å². The summed E-state index contributed by atoms with van der Waals surface area (Å²) in [6.45, 7) is 2.63. The van der Waals surface area contributed by atoms with E-state index < -0.39 is 29.8 Å². The molecule has 3 heterocycles. The van der Waals surface area contributed by atoms with Gasteiger partial charge in [-0.05, 0) is 37.6 Å². The highest BCUT2D eigenvalue weighted by molar-refractivity contribution is 7.08. The van der Waals surface area contributed by atoms with Crippen molar-refractivity contribution in [2.75, 3.05) is 20.2 Å². The lowest BCUT2D eigenvalue weighted by Crippen LogP contribution is -2.51. The number of hydrogen-bond acceptors (Lipinski definition) is 8. The summed E-state index contributed by atoms with van der Waals surface area (Å²) in [5.41, 5.74) is 2.48. The van der Waals surface area contributed by atoms with E-state index >= 15 is 4.39 Å². The Labute approximate surface area is 226 Å². The Balaban J connectivity index is 1.29. The molecule has 10 nitrogen and oxygen atoms in total. The molecule has 1 saturated heterocycles. The number of benzene rings is 2. The van der Waals surface area contributed by atoms with Crippen LogP contribution < -0.4 is 14.9 Å². The van der Waals surface area contributed by atoms with E-state index in [-0.39, 0.29) is 29.3 Å². The Hall–Kier alpha value is -4.32. The summed E-state index contributed by atoms with van der Waals surface area (Å²) >= 11 is 0.906. The Morgan fingerprint density at radius 1 is 1.23 bits per heavy atom.